The van der Waals surface area contributed by atoms with Gasteiger partial charge in [-0.25, -0.2) is 0 Å². The highest BCUT2D eigenvalue weighted by Crippen LogP contribution is 2.13. The van der Waals surface area contributed by atoms with Gasteiger partial charge in [-0.2, -0.15) is 0 Å². The van der Waals surface area contributed by atoms with Crippen LogP contribution in [-0.2, 0) is 4.74 Å². The van der Waals surface area contributed by atoms with Gasteiger partial charge in [0.1, 0.15) is 0 Å². The third-order valence-corrected chi connectivity index (χ3v) is 3.47. The van der Waals surface area contributed by atoms with Crippen molar-refractivity contribution < 1.29 is 4.74 Å². The Morgan fingerprint density at radius 1 is 0.714 bits per heavy atom. The summed E-state index contributed by atoms with van der Waals surface area (Å²) in [7, 11) is 0. The summed E-state index contributed by atoms with van der Waals surface area (Å²) < 4.78 is 5.67. The molecule has 0 fully saturated rings. The van der Waals surface area contributed by atoms with E-state index in [0.29, 0.717) is 13.2 Å². The highest BCUT2D eigenvalue weighted by Gasteiger charge is 1.94. The fourth-order valence-electron chi connectivity index (χ4n) is 2.07. The number of hydrogen-bond donors (Lipinski definition) is 0. The molecule has 108 valence electrons. The fraction of sp³-hybridized carbons (Fsp3) is 0.200. The molecule has 0 aliphatic carbocycles. The summed E-state index contributed by atoms with van der Waals surface area (Å²) in [4.78, 5) is 0. The summed E-state index contributed by atoms with van der Waals surface area (Å²) in [6.45, 7) is 5.51. The maximum absolute atomic E-state index is 5.67. The van der Waals surface area contributed by atoms with Gasteiger partial charge in [-0.05, 0) is 36.1 Å². The summed E-state index contributed by atoms with van der Waals surface area (Å²) >= 11 is 0. The number of ether oxygens (including phenoxy) is 1. The molecule has 0 unspecified atom stereocenters. The van der Waals surface area contributed by atoms with E-state index >= 15 is 0 Å². The molecule has 1 nitrogen and oxygen atoms in total. The van der Waals surface area contributed by atoms with Gasteiger partial charge in [0.25, 0.3) is 0 Å². The maximum Gasteiger partial charge on any atom is 0.0657 e. The molecular formula is C20H22O. The maximum atomic E-state index is 5.67. The van der Waals surface area contributed by atoms with E-state index in [1.54, 1.807) is 0 Å². The van der Waals surface area contributed by atoms with Gasteiger partial charge >= 0.3 is 0 Å². The topological polar surface area (TPSA) is 9.23 Å². The molecule has 0 spiro atoms. The van der Waals surface area contributed by atoms with Gasteiger partial charge in [0, 0.05) is 0 Å². The van der Waals surface area contributed by atoms with E-state index in [1.807, 2.05) is 12.1 Å². The van der Waals surface area contributed by atoms with E-state index in [0.717, 1.165) is 0 Å². The Bertz CT molecular complexity index is 539. The minimum absolute atomic E-state index is 0.638. The molecule has 0 bridgehead atoms. The fourth-order valence-corrected chi connectivity index (χ4v) is 2.07. The molecule has 0 aliphatic rings. The van der Waals surface area contributed by atoms with Crippen LogP contribution in [0.25, 0.3) is 11.1 Å². The SMILES string of the molecule is CC(=CCOCC=C(C)c1ccccc1)c1ccccc1. The lowest BCUT2D eigenvalue weighted by Crippen LogP contribution is -1.93. The van der Waals surface area contributed by atoms with Crippen molar-refractivity contribution in [1.82, 2.24) is 0 Å². The summed E-state index contributed by atoms with van der Waals surface area (Å²) in [5.74, 6) is 0. The van der Waals surface area contributed by atoms with E-state index in [4.69, 9.17) is 4.74 Å². The average molecular weight is 278 g/mol. The summed E-state index contributed by atoms with van der Waals surface area (Å²) in [6, 6.07) is 20.7. The quantitative estimate of drug-likeness (QED) is 0.659. The van der Waals surface area contributed by atoms with Crippen LogP contribution < -0.4 is 0 Å². The molecule has 0 aromatic heterocycles. The Hall–Kier alpha value is -2.12. The van der Waals surface area contributed by atoms with Gasteiger partial charge in [0.2, 0.25) is 0 Å². The monoisotopic (exact) mass is 278 g/mol. The molecule has 0 aliphatic heterocycles. The van der Waals surface area contributed by atoms with Gasteiger partial charge in [0.15, 0.2) is 0 Å². The first-order chi connectivity index (χ1) is 10.3. The third kappa shape index (κ3) is 5.05. The lowest BCUT2D eigenvalue weighted by atomic mass is 10.1. The van der Waals surface area contributed by atoms with Crippen molar-refractivity contribution in [2.75, 3.05) is 13.2 Å². The van der Waals surface area contributed by atoms with Crippen LogP contribution >= 0.6 is 0 Å². The van der Waals surface area contributed by atoms with Crippen LogP contribution in [0.5, 0.6) is 0 Å². The molecule has 0 radical (unpaired) electrons. The van der Waals surface area contributed by atoms with Crippen molar-refractivity contribution in [3.63, 3.8) is 0 Å². The number of hydrogen-bond acceptors (Lipinski definition) is 1. The molecule has 0 atom stereocenters. The van der Waals surface area contributed by atoms with E-state index in [1.165, 1.54) is 22.3 Å². The van der Waals surface area contributed by atoms with Crippen molar-refractivity contribution in [1.29, 1.82) is 0 Å². The molecule has 0 amide bonds. The molecule has 21 heavy (non-hydrogen) atoms. The Kier molecular flexibility index (Phi) is 5.99. The van der Waals surface area contributed by atoms with Crippen LogP contribution in [0.3, 0.4) is 0 Å². The lowest BCUT2D eigenvalue weighted by Gasteiger charge is -2.03. The van der Waals surface area contributed by atoms with Crippen LogP contribution in [0.2, 0.25) is 0 Å². The molecule has 2 aromatic carbocycles. The van der Waals surface area contributed by atoms with E-state index < -0.39 is 0 Å². The molecule has 1 heteroatoms. The van der Waals surface area contributed by atoms with Gasteiger partial charge in [0.05, 0.1) is 13.2 Å². The van der Waals surface area contributed by atoms with Crippen molar-refractivity contribution in [3.05, 3.63) is 83.9 Å². The first-order valence-electron chi connectivity index (χ1n) is 7.29. The standard InChI is InChI=1S/C20H22O/c1-17(19-9-5-3-6-10-19)13-15-21-16-14-18(2)20-11-7-4-8-12-20/h3-14H,15-16H2,1-2H3. The minimum atomic E-state index is 0.638. The average Bonchev–Trinajstić information content (AvgIpc) is 2.55. The summed E-state index contributed by atoms with van der Waals surface area (Å²) in [5, 5.41) is 0. The highest BCUT2D eigenvalue weighted by atomic mass is 16.5. The van der Waals surface area contributed by atoms with Gasteiger partial charge in [-0.15, -0.1) is 0 Å². The number of benzene rings is 2. The zero-order valence-corrected chi connectivity index (χ0v) is 12.8. The predicted molar refractivity (Wildman–Crippen MR) is 91.0 cm³/mol. The van der Waals surface area contributed by atoms with Crippen molar-refractivity contribution in [3.8, 4) is 0 Å². The second kappa shape index (κ2) is 8.23. The molecule has 0 heterocycles. The Morgan fingerprint density at radius 2 is 1.10 bits per heavy atom. The normalized spacial score (nSPS) is 12.5. The van der Waals surface area contributed by atoms with Crippen molar-refractivity contribution in [2.24, 2.45) is 0 Å². The van der Waals surface area contributed by atoms with Gasteiger partial charge < -0.3 is 4.74 Å². The van der Waals surface area contributed by atoms with E-state index in [-0.39, 0.29) is 0 Å². The van der Waals surface area contributed by atoms with Gasteiger partial charge in [-0.1, -0.05) is 72.8 Å². The van der Waals surface area contributed by atoms with Crippen LogP contribution in [0.15, 0.2) is 72.8 Å². The van der Waals surface area contributed by atoms with Crippen LogP contribution in [0, 0.1) is 0 Å². The predicted octanol–water partition coefficient (Wildman–Crippen LogP) is 5.21. The molecule has 0 saturated carbocycles. The number of rotatable bonds is 6. The van der Waals surface area contributed by atoms with Crippen LogP contribution in [0.4, 0.5) is 0 Å². The van der Waals surface area contributed by atoms with Crippen LogP contribution in [-0.4, -0.2) is 13.2 Å². The third-order valence-electron chi connectivity index (χ3n) is 3.47. The van der Waals surface area contributed by atoms with Crippen molar-refractivity contribution in [2.45, 2.75) is 13.8 Å². The molecule has 2 aromatic rings. The van der Waals surface area contributed by atoms with Gasteiger partial charge in [-0.3, -0.25) is 0 Å². The second-order valence-corrected chi connectivity index (χ2v) is 5.04. The molecule has 0 saturated heterocycles. The largest absolute Gasteiger partial charge is 0.373 e. The highest BCUT2D eigenvalue weighted by molar-refractivity contribution is 5.64. The molecule has 0 N–H and O–H groups in total. The first kappa shape index (κ1) is 15.3. The molecule has 2 rings (SSSR count). The number of allylic oxidation sites excluding steroid dienone is 2. The van der Waals surface area contributed by atoms with E-state index in [2.05, 4.69) is 74.5 Å². The zero-order valence-electron chi connectivity index (χ0n) is 12.8. The Morgan fingerprint density at radius 3 is 1.48 bits per heavy atom. The molecular weight excluding hydrogens is 256 g/mol. The lowest BCUT2D eigenvalue weighted by molar-refractivity contribution is 0.194. The van der Waals surface area contributed by atoms with Crippen LogP contribution in [0.1, 0.15) is 25.0 Å². The smallest absolute Gasteiger partial charge is 0.0657 e. The zero-order chi connectivity index (χ0) is 14.9. The summed E-state index contributed by atoms with van der Waals surface area (Å²) in [6.07, 6.45) is 4.25. The minimum Gasteiger partial charge on any atom is -0.373 e. The first-order valence-corrected chi connectivity index (χ1v) is 7.29. The second-order valence-electron chi connectivity index (χ2n) is 5.04. The Labute approximate surface area is 127 Å². The van der Waals surface area contributed by atoms with Crippen molar-refractivity contribution >= 4 is 11.1 Å². The Balaban J connectivity index is 1.80. The van der Waals surface area contributed by atoms with E-state index in [9.17, 15) is 0 Å². The summed E-state index contributed by atoms with van der Waals surface area (Å²) in [5.41, 5.74) is 4.99.